The smallest absolute Gasteiger partial charge is 0.425 e. The molecule has 1 amide bonds. The van der Waals surface area contributed by atoms with Crippen LogP contribution >= 0.6 is 0 Å². The van der Waals surface area contributed by atoms with E-state index < -0.39 is 5.60 Å². The summed E-state index contributed by atoms with van der Waals surface area (Å²) in [7, 11) is 1.87. The summed E-state index contributed by atoms with van der Waals surface area (Å²) in [5.74, 6) is 0. The molecule has 0 aliphatic carbocycles. The number of likely N-dealkylation sites (N-methyl/N-ethyl adjacent to an activating group) is 1. The second kappa shape index (κ2) is 3.85. The largest absolute Gasteiger partial charge is 0.443 e. The van der Waals surface area contributed by atoms with Gasteiger partial charge < -0.3 is 4.74 Å². The van der Waals surface area contributed by atoms with Crippen molar-refractivity contribution in [3.8, 4) is 0 Å². The Morgan fingerprint density at radius 1 is 1.47 bits per heavy atom. The van der Waals surface area contributed by atoms with Crippen LogP contribution in [0.4, 0.5) is 4.79 Å². The van der Waals surface area contributed by atoms with Crippen LogP contribution in [0.15, 0.2) is 12.2 Å². The maximum atomic E-state index is 11.7. The topological polar surface area (TPSA) is 32.8 Å². The average Bonchev–Trinajstić information content (AvgIpc) is 1.97. The Balaban J connectivity index is 2.49. The fourth-order valence-electron chi connectivity index (χ4n) is 1.48. The molecular weight excluding hydrogens is 192 g/mol. The van der Waals surface area contributed by atoms with Crippen LogP contribution in [-0.2, 0) is 4.74 Å². The highest BCUT2D eigenvalue weighted by molar-refractivity contribution is 5.68. The number of carbonyl (C=O) groups excluding carboxylic acids is 1. The summed E-state index contributed by atoms with van der Waals surface area (Å²) in [6.45, 7) is 12.1. The van der Waals surface area contributed by atoms with E-state index in [0.29, 0.717) is 6.54 Å². The second-order valence-corrected chi connectivity index (χ2v) is 5.00. The number of hydrogen-bond acceptors (Lipinski definition) is 3. The monoisotopic (exact) mass is 212 g/mol. The van der Waals surface area contributed by atoms with E-state index in [1.807, 2.05) is 39.8 Å². The average molecular weight is 212 g/mol. The lowest BCUT2D eigenvalue weighted by molar-refractivity contribution is -0.120. The molecule has 1 atom stereocenters. The summed E-state index contributed by atoms with van der Waals surface area (Å²) < 4.78 is 5.26. The van der Waals surface area contributed by atoms with Crippen molar-refractivity contribution < 1.29 is 9.53 Å². The molecule has 1 rings (SSSR count). The highest BCUT2D eigenvalue weighted by Gasteiger charge is 2.39. The Bertz CT molecular complexity index is 281. The first kappa shape index (κ1) is 12.0. The summed E-state index contributed by atoms with van der Waals surface area (Å²) in [5, 5.41) is 3.45. The molecule has 0 aromatic rings. The molecule has 86 valence electrons. The van der Waals surface area contributed by atoms with Crippen molar-refractivity contribution in [3.05, 3.63) is 12.2 Å². The predicted octanol–water partition coefficient (Wildman–Crippen LogP) is 2.03. The molecule has 4 heteroatoms. The lowest BCUT2D eigenvalue weighted by atomic mass is 10.1. The summed E-state index contributed by atoms with van der Waals surface area (Å²) in [6.07, 6.45) is -0.289. The third-order valence-electron chi connectivity index (χ3n) is 2.35. The fourth-order valence-corrected chi connectivity index (χ4v) is 1.48. The van der Waals surface area contributed by atoms with Crippen LogP contribution < -0.4 is 0 Å². The molecule has 0 radical (unpaired) electrons. The summed E-state index contributed by atoms with van der Waals surface area (Å²) >= 11 is 0. The highest BCUT2D eigenvalue weighted by Crippen LogP contribution is 2.23. The molecule has 1 fully saturated rings. The molecule has 4 nitrogen and oxygen atoms in total. The Labute approximate surface area is 91.5 Å². The van der Waals surface area contributed by atoms with E-state index in [2.05, 4.69) is 6.58 Å². The number of amides is 1. The first-order valence-corrected chi connectivity index (χ1v) is 5.11. The van der Waals surface area contributed by atoms with Crippen molar-refractivity contribution in [3.63, 3.8) is 0 Å². The van der Waals surface area contributed by atoms with E-state index >= 15 is 0 Å². The van der Waals surface area contributed by atoms with E-state index in [-0.39, 0.29) is 12.1 Å². The fraction of sp³-hybridized carbons (Fsp3) is 0.727. The highest BCUT2D eigenvalue weighted by atomic mass is 16.6. The molecular formula is C11H20N2O2. The first-order valence-electron chi connectivity index (χ1n) is 5.11. The van der Waals surface area contributed by atoms with Gasteiger partial charge in [-0.15, -0.1) is 0 Å². The lowest BCUT2D eigenvalue weighted by Gasteiger charge is -2.48. The van der Waals surface area contributed by atoms with Crippen LogP contribution in [0.3, 0.4) is 0 Å². The lowest BCUT2D eigenvalue weighted by Crippen LogP contribution is -2.65. The van der Waals surface area contributed by atoms with Gasteiger partial charge in [0.1, 0.15) is 5.60 Å². The molecule has 0 bridgehead atoms. The van der Waals surface area contributed by atoms with E-state index in [9.17, 15) is 4.79 Å². The van der Waals surface area contributed by atoms with Crippen LogP contribution in [0.5, 0.6) is 0 Å². The minimum Gasteiger partial charge on any atom is -0.443 e. The van der Waals surface area contributed by atoms with Gasteiger partial charge in [0, 0.05) is 7.05 Å². The zero-order valence-electron chi connectivity index (χ0n) is 10.2. The van der Waals surface area contributed by atoms with Gasteiger partial charge in [-0.25, -0.2) is 14.8 Å². The van der Waals surface area contributed by atoms with Crippen molar-refractivity contribution in [1.29, 1.82) is 0 Å². The normalized spacial score (nSPS) is 22.2. The van der Waals surface area contributed by atoms with Gasteiger partial charge in [-0.3, -0.25) is 0 Å². The number of ether oxygens (including phenoxy) is 1. The van der Waals surface area contributed by atoms with Crippen LogP contribution in [0.1, 0.15) is 27.7 Å². The Morgan fingerprint density at radius 2 is 2.00 bits per heavy atom. The van der Waals surface area contributed by atoms with Crippen LogP contribution in [-0.4, -0.2) is 41.3 Å². The number of rotatable bonds is 1. The van der Waals surface area contributed by atoms with Gasteiger partial charge in [0.05, 0.1) is 12.6 Å². The van der Waals surface area contributed by atoms with Gasteiger partial charge in [0.15, 0.2) is 0 Å². The van der Waals surface area contributed by atoms with Gasteiger partial charge in [0.2, 0.25) is 0 Å². The summed E-state index contributed by atoms with van der Waals surface area (Å²) in [5.41, 5.74) is 0.629. The predicted molar refractivity (Wildman–Crippen MR) is 59.3 cm³/mol. The van der Waals surface area contributed by atoms with Crippen molar-refractivity contribution in [1.82, 2.24) is 10.0 Å². The van der Waals surface area contributed by atoms with E-state index in [1.54, 1.807) is 5.01 Å². The molecule has 1 aliphatic heterocycles. The van der Waals surface area contributed by atoms with Gasteiger partial charge in [0.25, 0.3) is 0 Å². The third kappa shape index (κ3) is 2.72. The Hall–Kier alpha value is -1.03. The molecule has 0 aromatic heterocycles. The standard InChI is InChI=1S/C11H20N2O2/c1-8(2)9-7-13(12(9)6)10(14)15-11(3,4)5/h9H,1,7H2,2-6H3/t9-/m0/s1. The van der Waals surface area contributed by atoms with Crippen molar-refractivity contribution >= 4 is 6.09 Å². The Morgan fingerprint density at radius 3 is 2.33 bits per heavy atom. The van der Waals surface area contributed by atoms with Gasteiger partial charge in [-0.05, 0) is 27.7 Å². The number of nitrogens with zero attached hydrogens (tertiary/aromatic N) is 2. The third-order valence-corrected chi connectivity index (χ3v) is 2.35. The van der Waals surface area contributed by atoms with Gasteiger partial charge in [-0.1, -0.05) is 12.2 Å². The molecule has 1 heterocycles. The van der Waals surface area contributed by atoms with Crippen molar-refractivity contribution in [2.45, 2.75) is 39.3 Å². The molecule has 1 saturated heterocycles. The second-order valence-electron chi connectivity index (χ2n) is 5.00. The summed E-state index contributed by atoms with van der Waals surface area (Å²) in [4.78, 5) is 11.7. The molecule has 0 saturated carbocycles. The molecule has 0 aromatic carbocycles. The first-order chi connectivity index (χ1) is 6.72. The number of hydrazine groups is 1. The van der Waals surface area contributed by atoms with Gasteiger partial charge >= 0.3 is 6.09 Å². The van der Waals surface area contributed by atoms with Crippen molar-refractivity contribution in [2.75, 3.05) is 13.6 Å². The quantitative estimate of drug-likeness (QED) is 0.623. The minimum atomic E-state index is -0.438. The van der Waals surface area contributed by atoms with E-state index in [1.165, 1.54) is 0 Å². The van der Waals surface area contributed by atoms with Crippen LogP contribution in [0.25, 0.3) is 0 Å². The minimum absolute atomic E-state index is 0.262. The van der Waals surface area contributed by atoms with E-state index in [4.69, 9.17) is 4.74 Å². The maximum absolute atomic E-state index is 11.7. The molecule has 0 spiro atoms. The summed E-state index contributed by atoms with van der Waals surface area (Å²) in [6, 6.07) is 0.262. The zero-order chi connectivity index (χ0) is 11.8. The van der Waals surface area contributed by atoms with Crippen molar-refractivity contribution in [2.24, 2.45) is 0 Å². The molecule has 0 unspecified atom stereocenters. The molecule has 15 heavy (non-hydrogen) atoms. The van der Waals surface area contributed by atoms with Crippen LogP contribution in [0.2, 0.25) is 0 Å². The Kier molecular flexibility index (Phi) is 3.09. The molecule has 1 aliphatic rings. The SMILES string of the molecule is C=C(C)[C@@H]1CN(C(=O)OC(C)(C)C)N1C. The number of carbonyl (C=O) groups is 1. The number of hydrogen-bond donors (Lipinski definition) is 0. The van der Waals surface area contributed by atoms with Gasteiger partial charge in [-0.2, -0.15) is 0 Å². The maximum Gasteiger partial charge on any atom is 0.425 e. The van der Waals surface area contributed by atoms with E-state index in [0.717, 1.165) is 5.57 Å². The molecule has 0 N–H and O–H groups in total. The zero-order valence-corrected chi connectivity index (χ0v) is 10.2. The van der Waals surface area contributed by atoms with Crippen LogP contribution in [0, 0.1) is 0 Å².